The van der Waals surface area contributed by atoms with Gasteiger partial charge in [0.25, 0.3) is 0 Å². The summed E-state index contributed by atoms with van der Waals surface area (Å²) in [6, 6.07) is 9.85. The lowest BCUT2D eigenvalue weighted by Crippen LogP contribution is -1.99. The van der Waals surface area contributed by atoms with E-state index in [2.05, 4.69) is 15.1 Å². The molecule has 0 aliphatic heterocycles. The summed E-state index contributed by atoms with van der Waals surface area (Å²) in [4.78, 5) is 18.4. The van der Waals surface area contributed by atoms with Crippen LogP contribution < -0.4 is 0 Å². The Kier molecular flexibility index (Phi) is 2.69. The highest BCUT2D eigenvalue weighted by molar-refractivity contribution is 5.92. The lowest BCUT2D eigenvalue weighted by atomic mass is 10.0. The predicted octanol–water partition coefficient (Wildman–Crippen LogP) is 2.50. The van der Waals surface area contributed by atoms with Crippen molar-refractivity contribution in [3.63, 3.8) is 0 Å². The van der Waals surface area contributed by atoms with Crippen LogP contribution in [0.5, 0.6) is 0 Å². The monoisotopic (exact) mass is 292 g/mol. The molecule has 4 aromatic rings. The third kappa shape index (κ3) is 1.93. The number of aliphatic carboxylic acids is 1. The summed E-state index contributed by atoms with van der Waals surface area (Å²) in [5, 5.41) is 13.2. The van der Waals surface area contributed by atoms with Crippen LogP contribution in [-0.4, -0.2) is 30.7 Å². The van der Waals surface area contributed by atoms with Gasteiger partial charge in [-0.15, -0.1) is 0 Å². The quantitative estimate of drug-likeness (QED) is 0.607. The number of carboxylic acid groups (broad SMARTS) is 1. The Balaban J connectivity index is 1.92. The third-order valence-corrected chi connectivity index (χ3v) is 3.70. The molecule has 0 aliphatic carbocycles. The normalized spacial score (nSPS) is 11.3. The van der Waals surface area contributed by atoms with Gasteiger partial charge in [0.2, 0.25) is 0 Å². The van der Waals surface area contributed by atoms with Crippen LogP contribution in [0.4, 0.5) is 0 Å². The number of rotatable bonds is 3. The number of imidazole rings is 1. The fourth-order valence-electron chi connectivity index (χ4n) is 2.70. The van der Waals surface area contributed by atoms with Crippen LogP contribution in [0.25, 0.3) is 27.7 Å². The average molecular weight is 292 g/mol. The molecular formula is C16H12N4O2. The van der Waals surface area contributed by atoms with Crippen LogP contribution >= 0.6 is 0 Å². The second kappa shape index (κ2) is 4.70. The number of aromatic nitrogens is 4. The van der Waals surface area contributed by atoms with E-state index in [-0.39, 0.29) is 6.42 Å². The second-order valence-electron chi connectivity index (χ2n) is 5.09. The Labute approximate surface area is 125 Å². The number of para-hydroxylation sites is 1. The average Bonchev–Trinajstić information content (AvgIpc) is 3.13. The molecule has 4 rings (SSSR count). The molecule has 0 amide bonds. The molecule has 0 spiro atoms. The molecule has 108 valence electrons. The Hall–Kier alpha value is -3.15. The van der Waals surface area contributed by atoms with Crippen molar-refractivity contribution in [2.24, 2.45) is 0 Å². The van der Waals surface area contributed by atoms with Crippen molar-refractivity contribution >= 4 is 22.5 Å². The van der Waals surface area contributed by atoms with Crippen molar-refractivity contribution < 1.29 is 9.90 Å². The molecule has 0 fully saturated rings. The van der Waals surface area contributed by atoms with Crippen LogP contribution in [0.3, 0.4) is 0 Å². The Bertz CT molecular complexity index is 1000. The summed E-state index contributed by atoms with van der Waals surface area (Å²) in [7, 11) is 0. The minimum absolute atomic E-state index is 0.0421. The maximum absolute atomic E-state index is 11.0. The molecule has 2 N–H and O–H groups in total. The van der Waals surface area contributed by atoms with Gasteiger partial charge in [-0.3, -0.25) is 4.79 Å². The first-order valence-corrected chi connectivity index (χ1v) is 6.83. The van der Waals surface area contributed by atoms with E-state index in [1.54, 1.807) is 17.0 Å². The van der Waals surface area contributed by atoms with Crippen molar-refractivity contribution in [1.82, 2.24) is 19.6 Å². The molecule has 6 heteroatoms. The van der Waals surface area contributed by atoms with Crippen molar-refractivity contribution in [1.29, 1.82) is 0 Å². The molecule has 0 unspecified atom stereocenters. The highest BCUT2D eigenvalue weighted by Crippen LogP contribution is 2.28. The van der Waals surface area contributed by atoms with E-state index in [1.165, 1.54) is 0 Å². The number of carboxylic acids is 1. The lowest BCUT2D eigenvalue weighted by molar-refractivity contribution is -0.136. The number of carbonyl (C=O) groups is 1. The molecule has 22 heavy (non-hydrogen) atoms. The summed E-state index contributed by atoms with van der Waals surface area (Å²) in [6.45, 7) is 0. The first-order valence-electron chi connectivity index (χ1n) is 6.83. The summed E-state index contributed by atoms with van der Waals surface area (Å²) in [6.07, 6.45) is 5.06. The molecule has 1 aromatic carbocycles. The van der Waals surface area contributed by atoms with E-state index < -0.39 is 5.97 Å². The number of pyridine rings is 1. The van der Waals surface area contributed by atoms with Crippen LogP contribution in [0.15, 0.2) is 49.1 Å². The number of aromatic amines is 1. The zero-order valence-corrected chi connectivity index (χ0v) is 11.5. The van der Waals surface area contributed by atoms with E-state index in [0.717, 1.165) is 27.7 Å². The summed E-state index contributed by atoms with van der Waals surface area (Å²) >= 11 is 0. The number of nitrogens with one attached hydrogen (secondary N) is 1. The third-order valence-electron chi connectivity index (χ3n) is 3.70. The standard InChI is InChI=1S/C16H12N4O2/c21-15(22)7-11-8-19-20-5-4-10(6-14(11)20)12-2-1-3-13-16(12)18-9-17-13/h1-6,8-9H,7H2,(H,17,18)(H,21,22). The van der Waals surface area contributed by atoms with Crippen molar-refractivity contribution in [3.8, 4) is 11.1 Å². The molecule has 3 aromatic heterocycles. The van der Waals surface area contributed by atoms with Crippen LogP contribution in [-0.2, 0) is 11.2 Å². The SMILES string of the molecule is O=C(O)Cc1cnn2ccc(-c3cccc4[nH]cnc34)cc12. The van der Waals surface area contributed by atoms with Gasteiger partial charge < -0.3 is 10.1 Å². The molecule has 3 heterocycles. The van der Waals surface area contributed by atoms with Crippen molar-refractivity contribution in [2.45, 2.75) is 6.42 Å². The summed E-state index contributed by atoms with van der Waals surface area (Å²) in [5.41, 5.74) is 5.35. The number of nitrogens with zero attached hydrogens (tertiary/aromatic N) is 3. The number of fused-ring (bicyclic) bond motifs is 2. The lowest BCUT2D eigenvalue weighted by Gasteiger charge is -2.04. The minimum Gasteiger partial charge on any atom is -0.481 e. The molecular weight excluding hydrogens is 280 g/mol. The van der Waals surface area contributed by atoms with Gasteiger partial charge in [-0.05, 0) is 23.8 Å². The van der Waals surface area contributed by atoms with E-state index >= 15 is 0 Å². The summed E-state index contributed by atoms with van der Waals surface area (Å²) < 4.78 is 1.69. The van der Waals surface area contributed by atoms with Gasteiger partial charge >= 0.3 is 5.97 Å². The molecule has 0 atom stereocenters. The topological polar surface area (TPSA) is 83.3 Å². The van der Waals surface area contributed by atoms with Gasteiger partial charge in [0, 0.05) is 17.3 Å². The predicted molar refractivity (Wildman–Crippen MR) is 81.6 cm³/mol. The number of H-pyrrole nitrogens is 1. The smallest absolute Gasteiger partial charge is 0.307 e. The maximum atomic E-state index is 11.0. The van der Waals surface area contributed by atoms with E-state index in [1.807, 2.05) is 36.5 Å². The molecule has 6 nitrogen and oxygen atoms in total. The van der Waals surface area contributed by atoms with Gasteiger partial charge in [-0.25, -0.2) is 9.50 Å². The maximum Gasteiger partial charge on any atom is 0.307 e. The Morgan fingerprint density at radius 2 is 2.23 bits per heavy atom. The molecule has 0 aliphatic rings. The molecule has 0 saturated heterocycles. The molecule has 0 radical (unpaired) electrons. The van der Waals surface area contributed by atoms with Crippen LogP contribution in [0.2, 0.25) is 0 Å². The van der Waals surface area contributed by atoms with Crippen molar-refractivity contribution in [3.05, 3.63) is 54.6 Å². The van der Waals surface area contributed by atoms with Gasteiger partial charge in [0.05, 0.1) is 35.5 Å². The van der Waals surface area contributed by atoms with Gasteiger partial charge in [-0.2, -0.15) is 5.10 Å². The minimum atomic E-state index is -0.866. The van der Waals surface area contributed by atoms with E-state index in [4.69, 9.17) is 5.11 Å². The first-order chi connectivity index (χ1) is 10.7. The fourth-order valence-corrected chi connectivity index (χ4v) is 2.70. The van der Waals surface area contributed by atoms with E-state index in [0.29, 0.717) is 5.56 Å². The largest absolute Gasteiger partial charge is 0.481 e. The van der Waals surface area contributed by atoms with Crippen LogP contribution in [0.1, 0.15) is 5.56 Å². The summed E-state index contributed by atoms with van der Waals surface area (Å²) in [5.74, 6) is -0.866. The number of hydrogen-bond donors (Lipinski definition) is 2. The van der Waals surface area contributed by atoms with Crippen LogP contribution in [0, 0.1) is 0 Å². The fraction of sp³-hybridized carbons (Fsp3) is 0.0625. The van der Waals surface area contributed by atoms with Gasteiger partial charge in [0.15, 0.2) is 0 Å². The molecule has 0 bridgehead atoms. The second-order valence-corrected chi connectivity index (χ2v) is 5.09. The highest BCUT2D eigenvalue weighted by atomic mass is 16.4. The zero-order chi connectivity index (χ0) is 15.1. The number of hydrogen-bond acceptors (Lipinski definition) is 3. The Morgan fingerprint density at radius 3 is 3.09 bits per heavy atom. The van der Waals surface area contributed by atoms with E-state index in [9.17, 15) is 4.79 Å². The first kappa shape index (κ1) is 12.6. The van der Waals surface area contributed by atoms with Gasteiger partial charge in [-0.1, -0.05) is 12.1 Å². The van der Waals surface area contributed by atoms with Crippen molar-refractivity contribution in [2.75, 3.05) is 0 Å². The zero-order valence-electron chi connectivity index (χ0n) is 11.5. The highest BCUT2D eigenvalue weighted by Gasteiger charge is 2.11. The van der Waals surface area contributed by atoms with Gasteiger partial charge in [0.1, 0.15) is 0 Å². The number of benzene rings is 1. The Morgan fingerprint density at radius 1 is 1.32 bits per heavy atom. The molecule has 0 saturated carbocycles.